The van der Waals surface area contributed by atoms with Gasteiger partial charge in [-0.15, -0.1) is 0 Å². The molecule has 1 atom stereocenters. The first-order valence-corrected chi connectivity index (χ1v) is 8.91. The number of fused-ring (bicyclic) bond motifs is 1. The van der Waals surface area contributed by atoms with Gasteiger partial charge in [-0.2, -0.15) is 11.3 Å². The number of hydrogen-bond acceptors (Lipinski definition) is 4. The molecule has 0 saturated carbocycles. The first kappa shape index (κ1) is 16.5. The van der Waals surface area contributed by atoms with Crippen molar-refractivity contribution in [2.45, 2.75) is 6.92 Å². The second kappa shape index (κ2) is 7.05. The van der Waals surface area contributed by atoms with E-state index in [4.69, 9.17) is 0 Å². The molecule has 0 spiro atoms. The fourth-order valence-electron chi connectivity index (χ4n) is 3.03. The van der Waals surface area contributed by atoms with Crippen LogP contribution in [-0.4, -0.2) is 38.5 Å². The molecular weight excluding hydrogens is 322 g/mol. The van der Waals surface area contributed by atoms with Crippen LogP contribution in [0.2, 0.25) is 0 Å². The van der Waals surface area contributed by atoms with Crippen molar-refractivity contribution in [2.75, 3.05) is 36.5 Å². The number of nitrogens with one attached hydrogen (secondary N) is 1. The van der Waals surface area contributed by atoms with Crippen LogP contribution in [0.3, 0.4) is 0 Å². The molecule has 0 radical (unpaired) electrons. The number of carbonyl (C=O) groups is 2. The number of thiophene rings is 1. The van der Waals surface area contributed by atoms with Crippen LogP contribution in [0.1, 0.15) is 17.3 Å². The van der Waals surface area contributed by atoms with E-state index in [1.165, 1.54) is 11.3 Å². The van der Waals surface area contributed by atoms with Gasteiger partial charge in [-0.05, 0) is 29.5 Å². The number of nitrogens with zero attached hydrogens (tertiary/aromatic N) is 2. The van der Waals surface area contributed by atoms with E-state index in [0.29, 0.717) is 18.0 Å². The van der Waals surface area contributed by atoms with Crippen LogP contribution in [0.25, 0.3) is 0 Å². The van der Waals surface area contributed by atoms with Crippen LogP contribution in [0.15, 0.2) is 41.1 Å². The summed E-state index contributed by atoms with van der Waals surface area (Å²) in [7, 11) is 2.04. The molecule has 6 heteroatoms. The van der Waals surface area contributed by atoms with Crippen molar-refractivity contribution in [2.24, 2.45) is 5.92 Å². The summed E-state index contributed by atoms with van der Waals surface area (Å²) in [5.74, 6) is 0.0463. The van der Waals surface area contributed by atoms with Crippen molar-refractivity contribution in [3.05, 3.63) is 46.7 Å². The Morgan fingerprint density at radius 1 is 1.21 bits per heavy atom. The first-order chi connectivity index (χ1) is 11.6. The molecule has 1 aromatic carbocycles. The Balaban J connectivity index is 1.75. The van der Waals surface area contributed by atoms with Crippen molar-refractivity contribution in [3.8, 4) is 0 Å². The summed E-state index contributed by atoms with van der Waals surface area (Å²) in [6, 6.07) is 9.65. The molecule has 2 amide bonds. The molecule has 126 valence electrons. The SMILES string of the molecule is C[C@H]1CN(C)c2ccccc2N(C(=O)CNC(=O)c2ccsc2)C1. The Hall–Kier alpha value is -2.34. The third kappa shape index (κ3) is 3.43. The third-order valence-electron chi connectivity index (χ3n) is 4.15. The van der Waals surface area contributed by atoms with E-state index < -0.39 is 0 Å². The molecule has 0 bridgehead atoms. The van der Waals surface area contributed by atoms with Crippen LogP contribution >= 0.6 is 11.3 Å². The van der Waals surface area contributed by atoms with Gasteiger partial charge < -0.3 is 15.1 Å². The summed E-state index contributed by atoms with van der Waals surface area (Å²) < 4.78 is 0. The number of amides is 2. The zero-order valence-corrected chi connectivity index (χ0v) is 14.7. The van der Waals surface area contributed by atoms with Gasteiger partial charge in [0.1, 0.15) is 0 Å². The Morgan fingerprint density at radius 3 is 2.67 bits per heavy atom. The average Bonchev–Trinajstić information content (AvgIpc) is 3.08. The van der Waals surface area contributed by atoms with Crippen molar-refractivity contribution < 1.29 is 9.59 Å². The molecule has 0 aliphatic carbocycles. The zero-order valence-electron chi connectivity index (χ0n) is 13.9. The van der Waals surface area contributed by atoms with E-state index in [9.17, 15) is 9.59 Å². The van der Waals surface area contributed by atoms with Gasteiger partial charge in [-0.25, -0.2) is 0 Å². The molecule has 1 aromatic heterocycles. The lowest BCUT2D eigenvalue weighted by molar-refractivity contribution is -0.117. The molecule has 0 unspecified atom stereocenters. The van der Waals surface area contributed by atoms with Crippen molar-refractivity contribution in [1.29, 1.82) is 0 Å². The lowest BCUT2D eigenvalue weighted by Crippen LogP contribution is -2.42. The number of benzene rings is 1. The monoisotopic (exact) mass is 343 g/mol. The van der Waals surface area contributed by atoms with Crippen molar-refractivity contribution in [3.63, 3.8) is 0 Å². The van der Waals surface area contributed by atoms with Crippen molar-refractivity contribution >= 4 is 34.5 Å². The number of hydrogen-bond donors (Lipinski definition) is 1. The predicted octanol–water partition coefficient (Wildman–Crippen LogP) is 2.60. The molecule has 2 heterocycles. The van der Waals surface area contributed by atoms with Gasteiger partial charge >= 0.3 is 0 Å². The lowest BCUT2D eigenvalue weighted by atomic mass is 10.1. The smallest absolute Gasteiger partial charge is 0.252 e. The summed E-state index contributed by atoms with van der Waals surface area (Å²) in [4.78, 5) is 28.7. The summed E-state index contributed by atoms with van der Waals surface area (Å²) in [5, 5.41) is 6.34. The molecule has 0 fully saturated rings. The highest BCUT2D eigenvalue weighted by molar-refractivity contribution is 7.08. The maximum atomic E-state index is 12.7. The molecule has 2 aromatic rings. The predicted molar refractivity (Wildman–Crippen MR) is 97.9 cm³/mol. The van der Waals surface area contributed by atoms with Crippen LogP contribution < -0.4 is 15.1 Å². The molecular formula is C18H21N3O2S. The summed E-state index contributed by atoms with van der Waals surface area (Å²) >= 11 is 1.46. The molecule has 5 nitrogen and oxygen atoms in total. The Kier molecular flexibility index (Phi) is 4.85. The third-order valence-corrected chi connectivity index (χ3v) is 4.83. The average molecular weight is 343 g/mol. The molecule has 1 aliphatic heterocycles. The summed E-state index contributed by atoms with van der Waals surface area (Å²) in [6.45, 7) is 3.67. The lowest BCUT2D eigenvalue weighted by Gasteiger charge is -2.24. The van der Waals surface area contributed by atoms with Gasteiger partial charge in [0.05, 0.1) is 17.9 Å². The zero-order chi connectivity index (χ0) is 17.1. The normalized spacial score (nSPS) is 17.2. The minimum absolute atomic E-state index is 0.000547. The van der Waals surface area contributed by atoms with Gasteiger partial charge in [0.15, 0.2) is 0 Å². The first-order valence-electron chi connectivity index (χ1n) is 7.97. The molecule has 24 heavy (non-hydrogen) atoms. The molecule has 3 rings (SSSR count). The minimum atomic E-state index is -0.210. The number of rotatable bonds is 3. The quantitative estimate of drug-likeness (QED) is 0.932. The standard InChI is InChI=1S/C18H21N3O2S/c1-13-10-20(2)15-5-3-4-6-16(15)21(11-13)17(22)9-19-18(23)14-7-8-24-12-14/h3-8,12-13H,9-11H2,1-2H3,(H,19,23)/t13-/m0/s1. The van der Waals surface area contributed by atoms with E-state index in [1.807, 2.05) is 36.7 Å². The number of carbonyl (C=O) groups excluding carboxylic acids is 2. The largest absolute Gasteiger partial charge is 0.373 e. The van der Waals surface area contributed by atoms with E-state index in [1.54, 1.807) is 16.3 Å². The van der Waals surface area contributed by atoms with Crippen LogP contribution in [0.4, 0.5) is 11.4 Å². The maximum Gasteiger partial charge on any atom is 0.252 e. The highest BCUT2D eigenvalue weighted by Crippen LogP contribution is 2.32. The van der Waals surface area contributed by atoms with Crippen molar-refractivity contribution in [1.82, 2.24) is 5.32 Å². The Labute approximate surface area is 145 Å². The summed E-state index contributed by atoms with van der Waals surface area (Å²) in [6.07, 6.45) is 0. The molecule has 1 aliphatic rings. The topological polar surface area (TPSA) is 52.6 Å². The van der Waals surface area contributed by atoms with E-state index in [-0.39, 0.29) is 18.4 Å². The highest BCUT2D eigenvalue weighted by atomic mass is 32.1. The minimum Gasteiger partial charge on any atom is -0.373 e. The van der Waals surface area contributed by atoms with E-state index >= 15 is 0 Å². The van der Waals surface area contributed by atoms with Gasteiger partial charge in [0.2, 0.25) is 5.91 Å². The molecule has 0 saturated heterocycles. The van der Waals surface area contributed by atoms with E-state index in [0.717, 1.165) is 17.9 Å². The van der Waals surface area contributed by atoms with Gasteiger partial charge in [-0.1, -0.05) is 19.1 Å². The van der Waals surface area contributed by atoms with Crippen LogP contribution in [0, 0.1) is 5.92 Å². The van der Waals surface area contributed by atoms with Gasteiger partial charge in [-0.3, -0.25) is 9.59 Å². The number of anilines is 2. The molecule has 1 N–H and O–H groups in total. The second-order valence-corrected chi connectivity index (χ2v) is 6.95. The number of para-hydroxylation sites is 2. The van der Waals surface area contributed by atoms with Crippen LogP contribution in [0.5, 0.6) is 0 Å². The Morgan fingerprint density at radius 2 is 1.96 bits per heavy atom. The highest BCUT2D eigenvalue weighted by Gasteiger charge is 2.26. The fourth-order valence-corrected chi connectivity index (χ4v) is 3.67. The van der Waals surface area contributed by atoms with Gasteiger partial charge in [0, 0.05) is 31.1 Å². The van der Waals surface area contributed by atoms with Crippen LogP contribution in [-0.2, 0) is 4.79 Å². The van der Waals surface area contributed by atoms with E-state index in [2.05, 4.69) is 17.1 Å². The maximum absolute atomic E-state index is 12.7. The second-order valence-electron chi connectivity index (χ2n) is 6.17. The summed E-state index contributed by atoms with van der Waals surface area (Å²) in [5.41, 5.74) is 2.54. The van der Waals surface area contributed by atoms with Gasteiger partial charge in [0.25, 0.3) is 5.91 Å². The fraction of sp³-hybridized carbons (Fsp3) is 0.333. The Bertz CT molecular complexity index is 730.